The van der Waals surface area contributed by atoms with Crippen LogP contribution in [0, 0.1) is 5.82 Å². The van der Waals surface area contributed by atoms with Gasteiger partial charge in [0.1, 0.15) is 24.6 Å². The minimum atomic E-state index is -0.270. The molecule has 0 bridgehead atoms. The summed E-state index contributed by atoms with van der Waals surface area (Å²) in [5.74, 6) is 1.03. The number of rotatable bonds is 7. The second-order valence-corrected chi connectivity index (χ2v) is 4.67. The van der Waals surface area contributed by atoms with Crippen molar-refractivity contribution >= 4 is 5.82 Å². The first kappa shape index (κ1) is 15.2. The highest BCUT2D eigenvalue weighted by atomic mass is 19.1. The number of aromatic nitrogens is 2. The highest BCUT2D eigenvalue weighted by Crippen LogP contribution is 2.23. The van der Waals surface area contributed by atoms with E-state index in [-0.39, 0.29) is 12.4 Å². The Kier molecular flexibility index (Phi) is 5.49. The van der Waals surface area contributed by atoms with E-state index in [0.717, 1.165) is 30.8 Å². The molecular weight excluding hydrogens is 269 g/mol. The van der Waals surface area contributed by atoms with Crippen molar-refractivity contribution in [1.82, 2.24) is 9.97 Å². The molecule has 5 heteroatoms. The number of benzene rings is 1. The highest BCUT2D eigenvalue weighted by Gasteiger charge is 2.11. The summed E-state index contributed by atoms with van der Waals surface area (Å²) < 4.78 is 19.3. The quantitative estimate of drug-likeness (QED) is 0.846. The number of ether oxygens (including phenoxy) is 1. The van der Waals surface area contributed by atoms with Crippen LogP contribution in [0.25, 0.3) is 0 Å². The molecule has 4 nitrogen and oxygen atoms in total. The average Bonchev–Trinajstić information content (AvgIpc) is 2.52. The molecule has 0 fully saturated rings. The van der Waals surface area contributed by atoms with Gasteiger partial charge in [-0.15, -0.1) is 0 Å². The second kappa shape index (κ2) is 7.57. The molecule has 21 heavy (non-hydrogen) atoms. The first-order valence-electron chi connectivity index (χ1n) is 7.20. The summed E-state index contributed by atoms with van der Waals surface area (Å²) in [4.78, 5) is 8.41. The predicted octanol–water partition coefficient (Wildman–Crippen LogP) is 3.58. The van der Waals surface area contributed by atoms with E-state index in [2.05, 4.69) is 22.2 Å². The third kappa shape index (κ3) is 3.90. The van der Waals surface area contributed by atoms with Gasteiger partial charge >= 0.3 is 0 Å². The van der Waals surface area contributed by atoms with E-state index in [0.29, 0.717) is 11.4 Å². The van der Waals surface area contributed by atoms with Crippen molar-refractivity contribution in [2.24, 2.45) is 0 Å². The minimum absolute atomic E-state index is 0.157. The Labute approximate surface area is 124 Å². The number of halogens is 1. The fourth-order valence-electron chi connectivity index (χ4n) is 2.00. The Morgan fingerprint density at radius 2 is 2.00 bits per heavy atom. The third-order valence-electron chi connectivity index (χ3n) is 3.12. The van der Waals surface area contributed by atoms with Crippen LogP contribution < -0.4 is 10.1 Å². The number of hydrogen-bond donors (Lipinski definition) is 1. The van der Waals surface area contributed by atoms with E-state index in [1.54, 1.807) is 18.2 Å². The second-order valence-electron chi connectivity index (χ2n) is 4.67. The first-order valence-corrected chi connectivity index (χ1v) is 7.20. The van der Waals surface area contributed by atoms with E-state index < -0.39 is 0 Å². The molecule has 0 radical (unpaired) electrons. The average molecular weight is 289 g/mol. The SMILES string of the molecule is CCCNc1ncnc(OCc2ccccc2F)c1CC. The van der Waals surface area contributed by atoms with Gasteiger partial charge in [-0.2, -0.15) is 0 Å². The van der Waals surface area contributed by atoms with Gasteiger partial charge in [-0.3, -0.25) is 0 Å². The van der Waals surface area contributed by atoms with Gasteiger partial charge in [-0.1, -0.05) is 32.0 Å². The van der Waals surface area contributed by atoms with Crippen LogP contribution in [0.2, 0.25) is 0 Å². The Morgan fingerprint density at radius 1 is 1.19 bits per heavy atom. The van der Waals surface area contributed by atoms with Crippen molar-refractivity contribution in [3.63, 3.8) is 0 Å². The van der Waals surface area contributed by atoms with E-state index in [9.17, 15) is 4.39 Å². The summed E-state index contributed by atoms with van der Waals surface area (Å²) in [5, 5.41) is 3.26. The molecule has 1 aromatic heterocycles. The Hall–Kier alpha value is -2.17. The highest BCUT2D eigenvalue weighted by molar-refractivity contribution is 5.48. The van der Waals surface area contributed by atoms with Crippen LogP contribution in [0.5, 0.6) is 5.88 Å². The van der Waals surface area contributed by atoms with Gasteiger partial charge in [0.2, 0.25) is 5.88 Å². The van der Waals surface area contributed by atoms with Gasteiger partial charge in [-0.25, -0.2) is 14.4 Å². The Balaban J connectivity index is 2.14. The maximum Gasteiger partial charge on any atom is 0.222 e. The molecule has 112 valence electrons. The molecule has 0 atom stereocenters. The molecule has 0 saturated carbocycles. The monoisotopic (exact) mass is 289 g/mol. The van der Waals surface area contributed by atoms with Gasteiger partial charge in [0.05, 0.1) is 5.56 Å². The van der Waals surface area contributed by atoms with Gasteiger partial charge in [0.25, 0.3) is 0 Å². The summed E-state index contributed by atoms with van der Waals surface area (Å²) in [6, 6.07) is 6.58. The molecule has 0 amide bonds. The molecule has 1 heterocycles. The van der Waals surface area contributed by atoms with E-state index in [1.165, 1.54) is 12.4 Å². The lowest BCUT2D eigenvalue weighted by molar-refractivity contribution is 0.284. The van der Waals surface area contributed by atoms with Crippen LogP contribution in [-0.4, -0.2) is 16.5 Å². The van der Waals surface area contributed by atoms with Crippen molar-refractivity contribution in [2.45, 2.75) is 33.3 Å². The van der Waals surface area contributed by atoms with Crippen LogP contribution in [0.4, 0.5) is 10.2 Å². The van der Waals surface area contributed by atoms with Crippen LogP contribution in [0.3, 0.4) is 0 Å². The molecule has 0 aliphatic carbocycles. The zero-order chi connectivity index (χ0) is 15.1. The van der Waals surface area contributed by atoms with Gasteiger partial charge in [-0.05, 0) is 18.9 Å². The summed E-state index contributed by atoms with van der Waals surface area (Å²) >= 11 is 0. The van der Waals surface area contributed by atoms with E-state index in [4.69, 9.17) is 4.74 Å². The number of nitrogens with zero attached hydrogens (tertiary/aromatic N) is 2. The lowest BCUT2D eigenvalue weighted by atomic mass is 10.2. The molecular formula is C16H20FN3O. The molecule has 1 N–H and O–H groups in total. The maximum absolute atomic E-state index is 13.6. The minimum Gasteiger partial charge on any atom is -0.472 e. The standard InChI is InChI=1S/C16H20FN3O/c1-3-9-18-15-13(4-2)16(20-11-19-15)21-10-12-7-5-6-8-14(12)17/h5-8,11H,3-4,9-10H2,1-2H3,(H,18,19,20). The molecule has 2 rings (SSSR count). The summed E-state index contributed by atoms with van der Waals surface area (Å²) in [6.45, 7) is 5.11. The maximum atomic E-state index is 13.6. The molecule has 0 unspecified atom stereocenters. The summed E-state index contributed by atoms with van der Waals surface area (Å²) in [6.07, 6.45) is 3.23. The van der Waals surface area contributed by atoms with Gasteiger partial charge < -0.3 is 10.1 Å². The molecule has 1 aromatic carbocycles. The largest absolute Gasteiger partial charge is 0.472 e. The van der Waals surface area contributed by atoms with Crippen molar-refractivity contribution in [2.75, 3.05) is 11.9 Å². The molecule has 0 saturated heterocycles. The first-order chi connectivity index (χ1) is 10.3. The van der Waals surface area contributed by atoms with E-state index >= 15 is 0 Å². The zero-order valence-electron chi connectivity index (χ0n) is 12.4. The molecule has 0 spiro atoms. The molecule has 2 aromatic rings. The third-order valence-corrected chi connectivity index (χ3v) is 3.12. The van der Waals surface area contributed by atoms with Gasteiger partial charge in [0, 0.05) is 12.1 Å². The van der Waals surface area contributed by atoms with Crippen LogP contribution >= 0.6 is 0 Å². The van der Waals surface area contributed by atoms with Gasteiger partial charge in [0.15, 0.2) is 0 Å². The topological polar surface area (TPSA) is 47.0 Å². The lowest BCUT2D eigenvalue weighted by Gasteiger charge is -2.13. The van der Waals surface area contributed by atoms with Crippen molar-refractivity contribution in [3.05, 3.63) is 47.5 Å². The van der Waals surface area contributed by atoms with Crippen molar-refractivity contribution in [1.29, 1.82) is 0 Å². The summed E-state index contributed by atoms with van der Waals surface area (Å²) in [5.41, 5.74) is 1.43. The van der Waals surface area contributed by atoms with Crippen molar-refractivity contribution in [3.8, 4) is 5.88 Å². The number of nitrogens with one attached hydrogen (secondary N) is 1. The van der Waals surface area contributed by atoms with Crippen molar-refractivity contribution < 1.29 is 9.13 Å². The fourth-order valence-corrected chi connectivity index (χ4v) is 2.00. The zero-order valence-corrected chi connectivity index (χ0v) is 12.4. The smallest absolute Gasteiger partial charge is 0.222 e. The normalized spacial score (nSPS) is 10.4. The van der Waals surface area contributed by atoms with Crippen LogP contribution in [-0.2, 0) is 13.0 Å². The van der Waals surface area contributed by atoms with E-state index in [1.807, 2.05) is 6.92 Å². The lowest BCUT2D eigenvalue weighted by Crippen LogP contribution is -2.09. The Morgan fingerprint density at radius 3 is 2.71 bits per heavy atom. The number of hydrogen-bond acceptors (Lipinski definition) is 4. The Bertz CT molecular complexity index is 589. The van der Waals surface area contributed by atoms with Crippen LogP contribution in [0.15, 0.2) is 30.6 Å². The fraction of sp³-hybridized carbons (Fsp3) is 0.375. The number of anilines is 1. The van der Waals surface area contributed by atoms with Crippen LogP contribution in [0.1, 0.15) is 31.4 Å². The molecule has 0 aliphatic rings. The molecule has 0 aliphatic heterocycles. The summed E-state index contributed by atoms with van der Waals surface area (Å²) in [7, 11) is 0. The predicted molar refractivity (Wildman–Crippen MR) is 80.9 cm³/mol.